The molecule has 2 aliphatic carbocycles. The highest BCUT2D eigenvalue weighted by Crippen LogP contribution is 2.45. The van der Waals surface area contributed by atoms with Gasteiger partial charge in [-0.1, -0.05) is 61.0 Å². The first-order valence-electron chi connectivity index (χ1n) is 11.6. The first kappa shape index (κ1) is 23.5. The van der Waals surface area contributed by atoms with Crippen molar-refractivity contribution in [3.05, 3.63) is 72.3 Å². The maximum Gasteiger partial charge on any atom is 0.407 e. The normalized spacial score (nSPS) is 16.4. The Morgan fingerprint density at radius 2 is 1.71 bits per heavy atom. The zero-order valence-corrected chi connectivity index (χ0v) is 19.1. The van der Waals surface area contributed by atoms with Crippen LogP contribution in [0, 0.1) is 5.41 Å². The lowest BCUT2D eigenvalue weighted by atomic mass is 9.66. The minimum Gasteiger partial charge on any atom is -0.481 e. The molecule has 4 rings (SSSR count). The van der Waals surface area contributed by atoms with E-state index >= 15 is 0 Å². The van der Waals surface area contributed by atoms with E-state index < -0.39 is 23.5 Å². The van der Waals surface area contributed by atoms with Crippen LogP contribution in [0.1, 0.15) is 49.1 Å². The van der Waals surface area contributed by atoms with Crippen LogP contribution in [0.2, 0.25) is 0 Å². The Hall–Kier alpha value is -3.61. The highest BCUT2D eigenvalue weighted by atomic mass is 16.5. The standard InChI is InChI=1S/C27H30N2O5/c1-2-8-23(25(32)28-17-27(13-7-14-27)15-24(30)31)29-26(33)34-16-22-20-11-5-3-9-18(20)19-10-4-6-12-21(19)22/h2-6,9-12,22-23H,1,7-8,13-17H2,(H,28,32)(H,29,33)(H,30,31). The summed E-state index contributed by atoms with van der Waals surface area (Å²) in [5.74, 6) is -1.31. The molecule has 0 bridgehead atoms. The monoisotopic (exact) mass is 462 g/mol. The van der Waals surface area contributed by atoms with Crippen molar-refractivity contribution in [2.75, 3.05) is 13.2 Å². The smallest absolute Gasteiger partial charge is 0.407 e. The lowest BCUT2D eigenvalue weighted by Crippen LogP contribution is -2.51. The fourth-order valence-corrected chi connectivity index (χ4v) is 4.99. The van der Waals surface area contributed by atoms with Gasteiger partial charge in [0.15, 0.2) is 0 Å². The van der Waals surface area contributed by atoms with Crippen molar-refractivity contribution in [2.24, 2.45) is 5.41 Å². The van der Waals surface area contributed by atoms with Gasteiger partial charge in [-0.25, -0.2) is 4.79 Å². The van der Waals surface area contributed by atoms with Crippen molar-refractivity contribution in [1.29, 1.82) is 0 Å². The van der Waals surface area contributed by atoms with Crippen LogP contribution in [0.5, 0.6) is 0 Å². The van der Waals surface area contributed by atoms with Gasteiger partial charge in [0.05, 0.1) is 6.42 Å². The summed E-state index contributed by atoms with van der Waals surface area (Å²) in [4.78, 5) is 36.5. The van der Waals surface area contributed by atoms with E-state index in [4.69, 9.17) is 9.84 Å². The number of rotatable bonds is 10. The van der Waals surface area contributed by atoms with Gasteiger partial charge in [-0.05, 0) is 46.9 Å². The Morgan fingerprint density at radius 1 is 1.09 bits per heavy atom. The first-order valence-corrected chi connectivity index (χ1v) is 11.6. The molecular weight excluding hydrogens is 432 g/mol. The van der Waals surface area contributed by atoms with E-state index in [9.17, 15) is 14.4 Å². The van der Waals surface area contributed by atoms with E-state index in [0.29, 0.717) is 0 Å². The number of carboxylic acid groups (broad SMARTS) is 1. The minimum absolute atomic E-state index is 0.0270. The third-order valence-corrected chi connectivity index (χ3v) is 6.93. The van der Waals surface area contributed by atoms with E-state index in [0.717, 1.165) is 41.5 Å². The molecule has 2 aliphatic rings. The molecule has 1 saturated carbocycles. The molecule has 2 amide bonds. The van der Waals surface area contributed by atoms with Crippen molar-refractivity contribution < 1.29 is 24.2 Å². The predicted molar refractivity (Wildman–Crippen MR) is 128 cm³/mol. The molecule has 3 N–H and O–H groups in total. The summed E-state index contributed by atoms with van der Waals surface area (Å²) in [5.41, 5.74) is 4.11. The van der Waals surface area contributed by atoms with Gasteiger partial charge in [0, 0.05) is 12.5 Å². The third kappa shape index (κ3) is 4.98. The molecule has 34 heavy (non-hydrogen) atoms. The molecule has 1 unspecified atom stereocenters. The largest absolute Gasteiger partial charge is 0.481 e. The van der Waals surface area contributed by atoms with E-state index in [1.165, 1.54) is 0 Å². The predicted octanol–water partition coefficient (Wildman–Crippen LogP) is 4.23. The third-order valence-electron chi connectivity index (χ3n) is 6.93. The fraction of sp³-hybridized carbons (Fsp3) is 0.370. The first-order chi connectivity index (χ1) is 16.4. The second kappa shape index (κ2) is 10.1. The van der Waals surface area contributed by atoms with Crippen molar-refractivity contribution >= 4 is 18.0 Å². The summed E-state index contributed by atoms with van der Waals surface area (Å²) in [6.07, 6.45) is 3.65. The van der Waals surface area contributed by atoms with Gasteiger partial charge in [-0.2, -0.15) is 0 Å². The number of hydrogen-bond donors (Lipinski definition) is 3. The van der Waals surface area contributed by atoms with Crippen molar-refractivity contribution in [3.63, 3.8) is 0 Å². The Labute approximate surface area is 199 Å². The number of alkyl carbamates (subject to hydrolysis) is 1. The number of carboxylic acids is 1. The van der Waals surface area contributed by atoms with E-state index in [1.54, 1.807) is 6.08 Å². The molecule has 2 aromatic carbocycles. The number of benzene rings is 2. The van der Waals surface area contributed by atoms with Gasteiger partial charge in [0.1, 0.15) is 12.6 Å². The number of carbonyl (C=O) groups excluding carboxylic acids is 2. The lowest BCUT2D eigenvalue weighted by Gasteiger charge is -2.41. The highest BCUT2D eigenvalue weighted by Gasteiger charge is 2.39. The number of fused-ring (bicyclic) bond motifs is 3. The molecule has 1 fully saturated rings. The SMILES string of the molecule is C=CCC(NC(=O)OCC1c2ccccc2-c2ccccc21)C(=O)NCC1(CC(=O)O)CCC1. The van der Waals surface area contributed by atoms with E-state index in [1.807, 2.05) is 36.4 Å². The fourth-order valence-electron chi connectivity index (χ4n) is 4.99. The molecule has 7 heteroatoms. The Morgan fingerprint density at radius 3 is 2.24 bits per heavy atom. The second-order valence-electron chi connectivity index (χ2n) is 9.19. The van der Waals surface area contributed by atoms with Crippen LogP contribution in [-0.2, 0) is 14.3 Å². The Bertz CT molecular complexity index is 1050. The molecule has 0 aromatic heterocycles. The van der Waals surface area contributed by atoms with Gasteiger partial charge >= 0.3 is 12.1 Å². The van der Waals surface area contributed by atoms with Crippen LogP contribution in [0.15, 0.2) is 61.2 Å². The highest BCUT2D eigenvalue weighted by molar-refractivity contribution is 5.86. The maximum atomic E-state index is 12.8. The van der Waals surface area contributed by atoms with Crippen LogP contribution in [0.25, 0.3) is 11.1 Å². The van der Waals surface area contributed by atoms with Crippen LogP contribution in [0.3, 0.4) is 0 Å². The topological polar surface area (TPSA) is 105 Å². The number of aliphatic carboxylic acids is 1. The summed E-state index contributed by atoms with van der Waals surface area (Å²) in [6.45, 7) is 4.11. The molecule has 0 spiro atoms. The van der Waals surface area contributed by atoms with E-state index in [2.05, 4.69) is 29.3 Å². The number of nitrogens with one attached hydrogen (secondary N) is 2. The molecule has 2 aromatic rings. The zero-order chi connectivity index (χ0) is 24.1. The van der Waals surface area contributed by atoms with Crippen LogP contribution < -0.4 is 10.6 Å². The molecule has 0 heterocycles. The van der Waals surface area contributed by atoms with Gasteiger partial charge in [-0.3, -0.25) is 9.59 Å². The van der Waals surface area contributed by atoms with Gasteiger partial charge in [0.25, 0.3) is 0 Å². The molecule has 0 radical (unpaired) electrons. The molecule has 0 saturated heterocycles. The number of carbonyl (C=O) groups is 3. The number of ether oxygens (including phenoxy) is 1. The Kier molecular flexibility index (Phi) is 7.01. The van der Waals surface area contributed by atoms with Crippen molar-refractivity contribution in [2.45, 2.75) is 44.1 Å². The average Bonchev–Trinajstić information content (AvgIpc) is 3.12. The average molecular weight is 463 g/mol. The maximum absolute atomic E-state index is 12.8. The summed E-state index contributed by atoms with van der Waals surface area (Å²) >= 11 is 0. The molecule has 1 atom stereocenters. The quantitative estimate of drug-likeness (QED) is 0.458. The van der Waals surface area contributed by atoms with Gasteiger partial charge < -0.3 is 20.5 Å². The molecule has 178 valence electrons. The van der Waals surface area contributed by atoms with Gasteiger partial charge in [-0.15, -0.1) is 6.58 Å². The summed E-state index contributed by atoms with van der Waals surface area (Å²) in [6, 6.07) is 15.3. The van der Waals surface area contributed by atoms with Crippen LogP contribution in [-0.4, -0.2) is 42.3 Å². The summed E-state index contributed by atoms with van der Waals surface area (Å²) < 4.78 is 5.55. The molecule has 7 nitrogen and oxygen atoms in total. The number of hydrogen-bond acceptors (Lipinski definition) is 4. The van der Waals surface area contributed by atoms with Gasteiger partial charge in [0.2, 0.25) is 5.91 Å². The summed E-state index contributed by atoms with van der Waals surface area (Å²) in [7, 11) is 0. The van der Waals surface area contributed by atoms with Crippen molar-refractivity contribution in [1.82, 2.24) is 10.6 Å². The minimum atomic E-state index is -0.867. The molecular formula is C27H30N2O5. The van der Waals surface area contributed by atoms with Crippen LogP contribution >= 0.6 is 0 Å². The summed E-state index contributed by atoms with van der Waals surface area (Å²) in [5, 5.41) is 14.6. The molecule has 0 aliphatic heterocycles. The lowest BCUT2D eigenvalue weighted by molar-refractivity contribution is -0.142. The van der Waals surface area contributed by atoms with Crippen molar-refractivity contribution in [3.8, 4) is 11.1 Å². The zero-order valence-electron chi connectivity index (χ0n) is 19.1. The van der Waals surface area contributed by atoms with Crippen LogP contribution in [0.4, 0.5) is 4.79 Å². The second-order valence-corrected chi connectivity index (χ2v) is 9.19. The Balaban J connectivity index is 1.35. The number of amides is 2. The van der Waals surface area contributed by atoms with E-state index in [-0.39, 0.29) is 37.8 Å².